The van der Waals surface area contributed by atoms with Gasteiger partial charge in [0, 0.05) is 18.2 Å². The largest absolute Gasteiger partial charge is 0.495 e. The van der Waals surface area contributed by atoms with E-state index in [2.05, 4.69) is 4.72 Å². The fraction of sp³-hybridized carbons (Fsp3) is 0.588. The van der Waals surface area contributed by atoms with Crippen molar-refractivity contribution in [3.05, 3.63) is 23.8 Å². The third-order valence-corrected chi connectivity index (χ3v) is 6.02. The molecule has 0 heterocycles. The number of methoxy groups -OCH3 is 1. The number of sulfonamides is 1. The number of carbonyl (C=O) groups excluding carboxylic acids is 1. The Morgan fingerprint density at radius 1 is 1.29 bits per heavy atom. The van der Waals surface area contributed by atoms with E-state index in [0.29, 0.717) is 12.1 Å². The molecule has 0 saturated heterocycles. The second kappa shape index (κ2) is 7.98. The first-order valence-corrected chi connectivity index (χ1v) is 9.85. The maximum atomic E-state index is 12.9. The molecule has 0 radical (unpaired) electrons. The summed E-state index contributed by atoms with van der Waals surface area (Å²) in [6.07, 6.45) is 5.51. The number of carbonyl (C=O) groups is 1. The number of ether oxygens (including phenoxy) is 1. The van der Waals surface area contributed by atoms with Gasteiger partial charge in [-0.2, -0.15) is 0 Å². The molecule has 1 amide bonds. The summed E-state index contributed by atoms with van der Waals surface area (Å²) in [6, 6.07) is 4.80. The van der Waals surface area contributed by atoms with Crippen LogP contribution in [0.1, 0.15) is 49.4 Å². The fourth-order valence-corrected chi connectivity index (χ4v) is 4.17. The van der Waals surface area contributed by atoms with Gasteiger partial charge in [-0.05, 0) is 45.0 Å². The Hall–Kier alpha value is -1.60. The lowest BCUT2D eigenvalue weighted by Crippen LogP contribution is -2.41. The molecule has 0 spiro atoms. The van der Waals surface area contributed by atoms with Gasteiger partial charge in [-0.3, -0.25) is 4.79 Å². The third kappa shape index (κ3) is 3.89. The van der Waals surface area contributed by atoms with Gasteiger partial charge >= 0.3 is 0 Å². The number of benzene rings is 1. The summed E-state index contributed by atoms with van der Waals surface area (Å²) in [4.78, 5) is 14.8. The summed E-state index contributed by atoms with van der Waals surface area (Å²) in [5.74, 6) is 0.0984. The van der Waals surface area contributed by atoms with Crippen molar-refractivity contribution in [3.63, 3.8) is 0 Å². The lowest BCUT2D eigenvalue weighted by molar-refractivity contribution is 0.0647. The van der Waals surface area contributed by atoms with Crippen molar-refractivity contribution in [1.82, 2.24) is 9.62 Å². The lowest BCUT2D eigenvalue weighted by Gasteiger charge is -2.33. The van der Waals surface area contributed by atoms with Crippen LogP contribution in [0.15, 0.2) is 23.1 Å². The highest BCUT2D eigenvalue weighted by atomic mass is 32.2. The van der Waals surface area contributed by atoms with E-state index in [1.807, 2.05) is 11.8 Å². The van der Waals surface area contributed by atoms with E-state index in [-0.39, 0.29) is 22.6 Å². The number of nitrogens with one attached hydrogen (secondary N) is 1. The fourth-order valence-electron chi connectivity index (χ4n) is 3.26. The molecule has 1 fully saturated rings. The molecule has 1 N–H and O–H groups in total. The van der Waals surface area contributed by atoms with Crippen molar-refractivity contribution in [3.8, 4) is 5.75 Å². The smallest absolute Gasteiger partial charge is 0.254 e. The van der Waals surface area contributed by atoms with Crippen LogP contribution < -0.4 is 9.46 Å². The van der Waals surface area contributed by atoms with Crippen LogP contribution in [-0.4, -0.2) is 46.0 Å². The standard InChI is InChI=1S/C17H26N2O4S/c1-4-19(14-8-6-5-7-9-14)17(20)13-10-11-15(23-3)16(12-13)24(21,22)18-2/h10-12,14,18H,4-9H2,1-3H3. The topological polar surface area (TPSA) is 75.7 Å². The van der Waals surface area contributed by atoms with Crippen LogP contribution in [0, 0.1) is 0 Å². The van der Waals surface area contributed by atoms with Gasteiger partial charge in [0.05, 0.1) is 7.11 Å². The van der Waals surface area contributed by atoms with Gasteiger partial charge in [0.25, 0.3) is 5.91 Å². The molecule has 1 saturated carbocycles. The molecule has 1 aliphatic rings. The Bertz CT molecular complexity index is 682. The van der Waals surface area contributed by atoms with Crippen molar-refractivity contribution in [1.29, 1.82) is 0 Å². The van der Waals surface area contributed by atoms with Crippen LogP contribution in [0.5, 0.6) is 5.75 Å². The summed E-state index contributed by atoms with van der Waals surface area (Å²) >= 11 is 0. The SMILES string of the molecule is CCN(C(=O)c1ccc(OC)c(S(=O)(=O)NC)c1)C1CCCCC1. The highest BCUT2D eigenvalue weighted by molar-refractivity contribution is 7.89. The molecule has 6 nitrogen and oxygen atoms in total. The van der Waals surface area contributed by atoms with Crippen LogP contribution in [0.25, 0.3) is 0 Å². The Morgan fingerprint density at radius 2 is 1.96 bits per heavy atom. The highest BCUT2D eigenvalue weighted by Crippen LogP contribution is 2.27. The average molecular weight is 354 g/mol. The summed E-state index contributed by atoms with van der Waals surface area (Å²) < 4.78 is 31.8. The minimum Gasteiger partial charge on any atom is -0.495 e. The van der Waals surface area contributed by atoms with E-state index in [1.54, 1.807) is 6.07 Å². The van der Waals surface area contributed by atoms with Crippen LogP contribution in [0.3, 0.4) is 0 Å². The van der Waals surface area contributed by atoms with E-state index in [4.69, 9.17) is 4.74 Å². The Balaban J connectivity index is 2.36. The first kappa shape index (κ1) is 18.7. The highest BCUT2D eigenvalue weighted by Gasteiger charge is 2.27. The molecule has 7 heteroatoms. The van der Waals surface area contributed by atoms with Crippen molar-refractivity contribution in [2.75, 3.05) is 20.7 Å². The Kier molecular flexibility index (Phi) is 6.23. The quantitative estimate of drug-likeness (QED) is 0.851. The van der Waals surface area contributed by atoms with Gasteiger partial charge in [-0.15, -0.1) is 0 Å². The van der Waals surface area contributed by atoms with Crippen molar-refractivity contribution < 1.29 is 17.9 Å². The zero-order valence-corrected chi connectivity index (χ0v) is 15.4. The first-order valence-electron chi connectivity index (χ1n) is 8.37. The molecule has 2 rings (SSSR count). The molecule has 0 unspecified atom stereocenters. The molecular formula is C17H26N2O4S. The maximum absolute atomic E-state index is 12.9. The molecule has 1 aromatic carbocycles. The molecule has 0 atom stereocenters. The summed E-state index contributed by atoms with van der Waals surface area (Å²) in [5, 5.41) is 0. The zero-order valence-electron chi connectivity index (χ0n) is 14.5. The van der Waals surface area contributed by atoms with Crippen LogP contribution in [0.2, 0.25) is 0 Å². The van der Waals surface area contributed by atoms with E-state index < -0.39 is 10.0 Å². The number of hydrogen-bond donors (Lipinski definition) is 1. The molecule has 24 heavy (non-hydrogen) atoms. The molecule has 134 valence electrons. The van der Waals surface area contributed by atoms with E-state index in [1.165, 1.54) is 32.7 Å². The Labute approximate surface area is 144 Å². The molecule has 0 aliphatic heterocycles. The van der Waals surface area contributed by atoms with Gasteiger partial charge < -0.3 is 9.64 Å². The van der Waals surface area contributed by atoms with Crippen LogP contribution >= 0.6 is 0 Å². The number of rotatable bonds is 6. The minimum absolute atomic E-state index is 0.0157. The zero-order chi connectivity index (χ0) is 17.7. The molecule has 0 bridgehead atoms. The van der Waals surface area contributed by atoms with Crippen molar-refractivity contribution in [2.24, 2.45) is 0 Å². The predicted octanol–water partition coefficient (Wildman–Crippen LogP) is 2.40. The number of nitrogens with zero attached hydrogens (tertiary/aromatic N) is 1. The second-order valence-electron chi connectivity index (χ2n) is 5.96. The minimum atomic E-state index is -3.70. The number of amides is 1. The normalized spacial score (nSPS) is 16.0. The van der Waals surface area contributed by atoms with E-state index >= 15 is 0 Å². The monoisotopic (exact) mass is 354 g/mol. The lowest BCUT2D eigenvalue weighted by atomic mass is 9.93. The molecule has 0 aromatic heterocycles. The summed E-state index contributed by atoms with van der Waals surface area (Å²) in [7, 11) is -0.954. The predicted molar refractivity (Wildman–Crippen MR) is 92.8 cm³/mol. The molecular weight excluding hydrogens is 328 g/mol. The molecule has 1 aromatic rings. The van der Waals surface area contributed by atoms with E-state index in [0.717, 1.165) is 25.7 Å². The van der Waals surface area contributed by atoms with Crippen LogP contribution in [0.4, 0.5) is 0 Å². The first-order chi connectivity index (χ1) is 11.4. The summed E-state index contributed by atoms with van der Waals surface area (Å²) in [5.41, 5.74) is 0.372. The van der Waals surface area contributed by atoms with Gasteiger partial charge in [0.2, 0.25) is 10.0 Å². The average Bonchev–Trinajstić information content (AvgIpc) is 2.62. The van der Waals surface area contributed by atoms with Crippen molar-refractivity contribution >= 4 is 15.9 Å². The maximum Gasteiger partial charge on any atom is 0.254 e. The van der Waals surface area contributed by atoms with Crippen molar-refractivity contribution in [2.45, 2.75) is 50.0 Å². The Morgan fingerprint density at radius 3 is 2.50 bits per heavy atom. The van der Waals surface area contributed by atoms with Crippen LogP contribution in [-0.2, 0) is 10.0 Å². The molecule has 1 aliphatic carbocycles. The van der Waals surface area contributed by atoms with Gasteiger partial charge in [-0.25, -0.2) is 13.1 Å². The third-order valence-electron chi connectivity index (χ3n) is 4.59. The second-order valence-corrected chi connectivity index (χ2v) is 7.81. The van der Waals surface area contributed by atoms with Gasteiger partial charge in [0.1, 0.15) is 10.6 Å². The number of hydrogen-bond acceptors (Lipinski definition) is 4. The van der Waals surface area contributed by atoms with Gasteiger partial charge in [-0.1, -0.05) is 19.3 Å². The van der Waals surface area contributed by atoms with E-state index in [9.17, 15) is 13.2 Å². The summed E-state index contributed by atoms with van der Waals surface area (Å²) in [6.45, 7) is 2.57. The van der Waals surface area contributed by atoms with Gasteiger partial charge in [0.15, 0.2) is 0 Å².